The summed E-state index contributed by atoms with van der Waals surface area (Å²) < 4.78 is 0. The second kappa shape index (κ2) is 5.31. The van der Waals surface area contributed by atoms with Crippen molar-refractivity contribution in [1.29, 1.82) is 0 Å². The van der Waals surface area contributed by atoms with Crippen LogP contribution in [0, 0.1) is 20.8 Å². The number of hydrogen-bond acceptors (Lipinski definition) is 4. The molecule has 0 aliphatic carbocycles. The summed E-state index contributed by atoms with van der Waals surface area (Å²) in [5.41, 5.74) is 4.56. The fourth-order valence-electron chi connectivity index (χ4n) is 2.27. The molecule has 0 atom stereocenters. The Balaban J connectivity index is 2.52. The predicted octanol–water partition coefficient (Wildman–Crippen LogP) is 3.87. The van der Waals surface area contributed by atoms with Crippen molar-refractivity contribution in [2.24, 2.45) is 0 Å². The van der Waals surface area contributed by atoms with Crippen molar-refractivity contribution in [3.05, 3.63) is 39.4 Å². The summed E-state index contributed by atoms with van der Waals surface area (Å²) in [5.74, 6) is 0.431. The third-order valence-electron chi connectivity index (χ3n) is 2.84. The smallest absolute Gasteiger partial charge is 0.235 e. The first kappa shape index (κ1) is 14.0. The molecule has 0 unspecified atom stereocenters. The van der Waals surface area contributed by atoms with Crippen LogP contribution in [-0.2, 0) is 0 Å². The maximum Gasteiger partial charge on any atom is 0.235 e. The molecule has 0 aliphatic rings. The third kappa shape index (κ3) is 2.96. The Morgan fingerprint density at radius 3 is 1.84 bits per heavy atom. The lowest BCUT2D eigenvalue weighted by Crippen LogP contribution is -2.16. The molecule has 19 heavy (non-hydrogen) atoms. The second-order valence-electron chi connectivity index (χ2n) is 4.48. The molecule has 1 aromatic carbocycles. The fraction of sp³-hybridized carbons (Fsp3) is 0.308. The Bertz CT molecular complexity index is 585. The van der Waals surface area contributed by atoms with Gasteiger partial charge in [0.15, 0.2) is 0 Å². The molecule has 0 fully saturated rings. The van der Waals surface area contributed by atoms with Gasteiger partial charge >= 0.3 is 0 Å². The van der Waals surface area contributed by atoms with Crippen LogP contribution in [0.5, 0.6) is 0 Å². The Kier molecular flexibility index (Phi) is 3.92. The molecule has 2 rings (SSSR count). The maximum absolute atomic E-state index is 5.81. The number of anilines is 2. The molecule has 0 spiro atoms. The van der Waals surface area contributed by atoms with Crippen LogP contribution in [0.3, 0.4) is 0 Å². The molecule has 100 valence electrons. The van der Waals surface area contributed by atoms with Crippen molar-refractivity contribution in [2.75, 3.05) is 11.9 Å². The Labute approximate surface area is 122 Å². The molecule has 0 amide bonds. The zero-order valence-electron chi connectivity index (χ0n) is 11.2. The van der Waals surface area contributed by atoms with E-state index in [9.17, 15) is 0 Å². The minimum atomic E-state index is 0.0873. The van der Waals surface area contributed by atoms with E-state index in [1.165, 1.54) is 5.56 Å². The minimum absolute atomic E-state index is 0.0873. The Morgan fingerprint density at radius 1 is 0.895 bits per heavy atom. The van der Waals surface area contributed by atoms with Crippen LogP contribution >= 0.6 is 23.2 Å². The fourth-order valence-corrected chi connectivity index (χ4v) is 2.62. The molecule has 1 aromatic heterocycles. The van der Waals surface area contributed by atoms with E-state index in [1.54, 1.807) is 0 Å². The van der Waals surface area contributed by atoms with E-state index in [1.807, 2.05) is 11.9 Å². The summed E-state index contributed by atoms with van der Waals surface area (Å²) in [5, 5.41) is 0.175. The van der Waals surface area contributed by atoms with Crippen molar-refractivity contribution in [2.45, 2.75) is 20.8 Å². The summed E-state index contributed by atoms with van der Waals surface area (Å²) >= 11 is 11.6. The normalized spacial score (nSPS) is 10.6. The Morgan fingerprint density at radius 2 is 1.37 bits per heavy atom. The van der Waals surface area contributed by atoms with Gasteiger partial charge in [0.05, 0.1) is 0 Å². The first-order valence-electron chi connectivity index (χ1n) is 5.77. The van der Waals surface area contributed by atoms with Gasteiger partial charge in [-0.25, -0.2) is 0 Å². The lowest BCUT2D eigenvalue weighted by atomic mass is 10.0. The van der Waals surface area contributed by atoms with E-state index in [-0.39, 0.29) is 10.6 Å². The van der Waals surface area contributed by atoms with Gasteiger partial charge in [-0.05, 0) is 55.1 Å². The molecular formula is C13H14Cl2N4. The molecule has 6 heteroatoms. The number of halogens is 2. The first-order chi connectivity index (χ1) is 8.88. The molecule has 0 N–H and O–H groups in total. The van der Waals surface area contributed by atoms with E-state index in [4.69, 9.17) is 23.2 Å². The molecule has 0 saturated carbocycles. The minimum Gasteiger partial charge on any atom is -0.313 e. The van der Waals surface area contributed by atoms with Crippen LogP contribution in [0.25, 0.3) is 0 Å². The van der Waals surface area contributed by atoms with Crippen molar-refractivity contribution >= 4 is 34.8 Å². The molecule has 0 aliphatic heterocycles. The monoisotopic (exact) mass is 296 g/mol. The maximum atomic E-state index is 5.81. The van der Waals surface area contributed by atoms with Gasteiger partial charge in [-0.3, -0.25) is 0 Å². The number of aromatic nitrogens is 3. The van der Waals surface area contributed by atoms with Crippen molar-refractivity contribution in [1.82, 2.24) is 15.0 Å². The van der Waals surface area contributed by atoms with Crippen LogP contribution < -0.4 is 4.90 Å². The van der Waals surface area contributed by atoms with Crippen LogP contribution in [-0.4, -0.2) is 22.0 Å². The molecule has 0 saturated heterocycles. The molecule has 0 radical (unpaired) electrons. The lowest BCUT2D eigenvalue weighted by molar-refractivity contribution is 0.977. The highest BCUT2D eigenvalue weighted by Crippen LogP contribution is 2.29. The third-order valence-corrected chi connectivity index (χ3v) is 3.18. The lowest BCUT2D eigenvalue weighted by Gasteiger charge is -2.22. The van der Waals surface area contributed by atoms with Gasteiger partial charge in [-0.2, -0.15) is 15.0 Å². The van der Waals surface area contributed by atoms with Crippen LogP contribution in [0.15, 0.2) is 12.1 Å². The SMILES string of the molecule is Cc1cc(C)c(N(C)c2nc(Cl)nc(Cl)n2)c(C)c1. The highest BCUT2D eigenvalue weighted by atomic mass is 35.5. The van der Waals surface area contributed by atoms with Crippen LogP contribution in [0.1, 0.15) is 16.7 Å². The van der Waals surface area contributed by atoms with Gasteiger partial charge in [-0.1, -0.05) is 17.7 Å². The van der Waals surface area contributed by atoms with Crippen molar-refractivity contribution < 1.29 is 0 Å². The van der Waals surface area contributed by atoms with Gasteiger partial charge in [0.25, 0.3) is 0 Å². The van der Waals surface area contributed by atoms with E-state index < -0.39 is 0 Å². The molecule has 1 heterocycles. The van der Waals surface area contributed by atoms with Crippen molar-refractivity contribution in [3.63, 3.8) is 0 Å². The summed E-state index contributed by atoms with van der Waals surface area (Å²) in [6.07, 6.45) is 0. The molecule has 2 aromatic rings. The first-order valence-corrected chi connectivity index (χ1v) is 6.52. The van der Waals surface area contributed by atoms with Gasteiger partial charge in [0.2, 0.25) is 16.5 Å². The summed E-state index contributed by atoms with van der Waals surface area (Å²) in [4.78, 5) is 13.8. The highest BCUT2D eigenvalue weighted by molar-refractivity contribution is 6.31. The quantitative estimate of drug-likeness (QED) is 0.843. The zero-order valence-corrected chi connectivity index (χ0v) is 12.7. The van der Waals surface area contributed by atoms with Crippen LogP contribution in [0.2, 0.25) is 10.6 Å². The summed E-state index contributed by atoms with van der Waals surface area (Å²) in [6.45, 7) is 6.17. The molecule has 0 bridgehead atoms. The van der Waals surface area contributed by atoms with Crippen LogP contribution in [0.4, 0.5) is 11.6 Å². The highest BCUT2D eigenvalue weighted by Gasteiger charge is 2.14. The second-order valence-corrected chi connectivity index (χ2v) is 5.16. The molecular weight excluding hydrogens is 283 g/mol. The number of aryl methyl sites for hydroxylation is 3. The summed E-state index contributed by atoms with van der Waals surface area (Å²) in [7, 11) is 1.88. The standard InChI is InChI=1S/C13H14Cl2N4/c1-7-5-8(2)10(9(3)6-7)19(4)13-17-11(14)16-12(15)18-13/h5-6H,1-4H3. The average Bonchev–Trinajstić information content (AvgIpc) is 2.25. The van der Waals surface area contributed by atoms with Gasteiger partial charge in [-0.15, -0.1) is 0 Å². The Hall–Kier alpha value is -1.39. The van der Waals surface area contributed by atoms with E-state index >= 15 is 0 Å². The van der Waals surface area contributed by atoms with E-state index in [0.717, 1.165) is 16.8 Å². The average molecular weight is 297 g/mol. The number of nitrogens with zero attached hydrogens (tertiary/aromatic N) is 4. The largest absolute Gasteiger partial charge is 0.313 e. The number of hydrogen-bond donors (Lipinski definition) is 0. The summed E-state index contributed by atoms with van der Waals surface area (Å²) in [6, 6.07) is 4.23. The van der Waals surface area contributed by atoms with Crippen molar-refractivity contribution in [3.8, 4) is 0 Å². The zero-order chi connectivity index (χ0) is 14.2. The van der Waals surface area contributed by atoms with Gasteiger partial charge in [0.1, 0.15) is 0 Å². The van der Waals surface area contributed by atoms with E-state index in [0.29, 0.717) is 5.95 Å². The predicted molar refractivity (Wildman–Crippen MR) is 78.6 cm³/mol. The van der Waals surface area contributed by atoms with Gasteiger partial charge in [0, 0.05) is 12.7 Å². The number of benzene rings is 1. The van der Waals surface area contributed by atoms with E-state index in [2.05, 4.69) is 47.9 Å². The molecule has 4 nitrogen and oxygen atoms in total. The van der Waals surface area contributed by atoms with Gasteiger partial charge < -0.3 is 4.90 Å². The number of rotatable bonds is 2. The topological polar surface area (TPSA) is 41.9 Å².